The first-order valence-corrected chi connectivity index (χ1v) is 9.47. The quantitative estimate of drug-likeness (QED) is 0.604. The Balaban J connectivity index is 1.42. The van der Waals surface area contributed by atoms with Crippen LogP contribution in [0.1, 0.15) is 13.3 Å². The Hall–Kier alpha value is -2.63. The van der Waals surface area contributed by atoms with Gasteiger partial charge in [-0.2, -0.15) is 0 Å². The zero-order valence-corrected chi connectivity index (χ0v) is 15.4. The molecule has 27 heavy (non-hydrogen) atoms. The van der Waals surface area contributed by atoms with Crippen molar-refractivity contribution < 1.29 is 19.1 Å². The summed E-state index contributed by atoms with van der Waals surface area (Å²) in [5.41, 5.74) is 0.641. The zero-order valence-electron chi connectivity index (χ0n) is 15.4. The molecule has 0 unspecified atom stereocenters. The van der Waals surface area contributed by atoms with Crippen LogP contribution in [0.4, 0.5) is 5.69 Å². The maximum Gasteiger partial charge on any atom is 0.235 e. The number of anilines is 1. The average molecular weight is 366 g/mol. The lowest BCUT2D eigenvalue weighted by atomic mass is 9.63. The van der Waals surface area contributed by atoms with E-state index in [0.29, 0.717) is 23.3 Å². The number of ether oxygens (including phenoxy) is 1. The number of amides is 3. The Labute approximate surface area is 157 Å². The third kappa shape index (κ3) is 2.28. The van der Waals surface area contributed by atoms with E-state index >= 15 is 0 Å². The van der Waals surface area contributed by atoms with Crippen molar-refractivity contribution in [1.82, 2.24) is 4.90 Å². The maximum absolute atomic E-state index is 13.1. The van der Waals surface area contributed by atoms with Crippen LogP contribution in [0.3, 0.4) is 0 Å². The molecular weight excluding hydrogens is 344 g/mol. The Kier molecular flexibility index (Phi) is 3.48. The van der Waals surface area contributed by atoms with Crippen molar-refractivity contribution in [2.45, 2.75) is 13.3 Å². The number of hydrogen-bond acceptors (Lipinski definition) is 4. The number of methoxy groups -OCH3 is 1. The molecule has 5 aliphatic rings. The van der Waals surface area contributed by atoms with Crippen molar-refractivity contribution in [3.63, 3.8) is 0 Å². The van der Waals surface area contributed by atoms with E-state index in [2.05, 4.69) is 12.2 Å². The number of allylic oxidation sites excluding steroid dienone is 2. The van der Waals surface area contributed by atoms with Crippen LogP contribution < -0.4 is 9.64 Å². The number of hydrogen-bond donors (Lipinski definition) is 0. The summed E-state index contributed by atoms with van der Waals surface area (Å²) >= 11 is 0. The number of likely N-dealkylation sites (tertiary alicyclic amines) is 1. The lowest BCUT2D eigenvalue weighted by Crippen LogP contribution is -2.44. The van der Waals surface area contributed by atoms with E-state index in [4.69, 9.17) is 4.74 Å². The summed E-state index contributed by atoms with van der Waals surface area (Å²) in [6.45, 7) is 1.42. The van der Waals surface area contributed by atoms with E-state index in [-0.39, 0.29) is 48.1 Å². The molecule has 1 aliphatic heterocycles. The fourth-order valence-electron chi connectivity index (χ4n) is 5.42. The zero-order chi connectivity index (χ0) is 18.9. The molecule has 1 saturated heterocycles. The van der Waals surface area contributed by atoms with Gasteiger partial charge in [-0.3, -0.25) is 24.2 Å². The van der Waals surface area contributed by atoms with Crippen molar-refractivity contribution in [3.05, 3.63) is 36.4 Å². The second kappa shape index (κ2) is 5.68. The number of benzene rings is 1. The van der Waals surface area contributed by atoms with Crippen molar-refractivity contribution in [2.24, 2.45) is 35.5 Å². The molecule has 0 spiro atoms. The number of nitrogens with zero attached hydrogens (tertiary/aromatic N) is 2. The van der Waals surface area contributed by atoms with Gasteiger partial charge in [0.15, 0.2) is 0 Å². The number of carbonyl (C=O) groups excluding carboxylic acids is 3. The second-order valence-electron chi connectivity index (χ2n) is 8.05. The van der Waals surface area contributed by atoms with Crippen LogP contribution in [0.2, 0.25) is 0 Å². The summed E-state index contributed by atoms with van der Waals surface area (Å²) in [6.07, 6.45) is 5.45. The van der Waals surface area contributed by atoms with E-state index in [1.807, 2.05) is 0 Å². The molecule has 1 heterocycles. The molecule has 3 fully saturated rings. The Morgan fingerprint density at radius 1 is 1.07 bits per heavy atom. The van der Waals surface area contributed by atoms with Crippen molar-refractivity contribution in [1.29, 1.82) is 0 Å². The second-order valence-corrected chi connectivity index (χ2v) is 8.05. The minimum atomic E-state index is -0.235. The lowest BCUT2D eigenvalue weighted by molar-refractivity contribution is -0.140. The molecule has 0 aromatic heterocycles. The lowest BCUT2D eigenvalue weighted by Gasteiger charge is -2.37. The first kappa shape index (κ1) is 16.5. The summed E-state index contributed by atoms with van der Waals surface area (Å²) in [5.74, 6) is 1.30. The largest absolute Gasteiger partial charge is 0.497 e. The standard InChI is InChI=1S/C21H22N2O4/c1-11(24)22(12-3-5-13(27-2)6-4-12)10-23-20(25)18-14-7-8-15(17-9-16(14)17)19(18)21(23)26/h3-8,14-19H,9-10H2,1-2H3/t14-,15-,16-,17-,18+,19+/m1/s1. The molecule has 2 saturated carbocycles. The Morgan fingerprint density at radius 3 is 2.11 bits per heavy atom. The van der Waals surface area contributed by atoms with Crippen LogP contribution in [0, 0.1) is 35.5 Å². The summed E-state index contributed by atoms with van der Waals surface area (Å²) in [7, 11) is 1.58. The van der Waals surface area contributed by atoms with Gasteiger partial charge in [-0.25, -0.2) is 0 Å². The molecule has 6 nitrogen and oxygen atoms in total. The smallest absolute Gasteiger partial charge is 0.235 e. The summed E-state index contributed by atoms with van der Waals surface area (Å²) in [4.78, 5) is 41.2. The van der Waals surface area contributed by atoms with Crippen molar-refractivity contribution in [2.75, 3.05) is 18.7 Å². The summed E-state index contributed by atoms with van der Waals surface area (Å²) in [6, 6.07) is 7.05. The third-order valence-corrected chi connectivity index (χ3v) is 6.80. The number of rotatable bonds is 4. The molecule has 6 heteroatoms. The van der Waals surface area contributed by atoms with Gasteiger partial charge in [0.25, 0.3) is 0 Å². The van der Waals surface area contributed by atoms with Gasteiger partial charge in [0.1, 0.15) is 12.4 Å². The summed E-state index contributed by atoms with van der Waals surface area (Å²) < 4.78 is 5.16. The highest BCUT2D eigenvalue weighted by molar-refractivity contribution is 6.07. The van der Waals surface area contributed by atoms with Crippen LogP contribution in [0.25, 0.3) is 0 Å². The SMILES string of the molecule is COc1ccc(N(CN2C(=O)[C@H]3[C@@H]4C=C[C@H]([C@H]5C[C@H]45)[C@@H]3C2=O)C(C)=O)cc1. The highest BCUT2D eigenvalue weighted by atomic mass is 16.5. The molecule has 2 bridgehead atoms. The van der Waals surface area contributed by atoms with E-state index in [1.165, 1.54) is 16.7 Å². The van der Waals surface area contributed by atoms with Gasteiger partial charge in [0.2, 0.25) is 17.7 Å². The van der Waals surface area contributed by atoms with Gasteiger partial charge < -0.3 is 4.74 Å². The topological polar surface area (TPSA) is 66.9 Å². The first-order chi connectivity index (χ1) is 13.0. The highest BCUT2D eigenvalue weighted by Crippen LogP contribution is 2.65. The fourth-order valence-corrected chi connectivity index (χ4v) is 5.42. The molecule has 6 rings (SSSR count). The minimum Gasteiger partial charge on any atom is -0.497 e. The van der Waals surface area contributed by atoms with Crippen molar-refractivity contribution >= 4 is 23.4 Å². The molecule has 0 N–H and O–H groups in total. The van der Waals surface area contributed by atoms with Crippen molar-refractivity contribution in [3.8, 4) is 5.75 Å². The van der Waals surface area contributed by atoms with Gasteiger partial charge >= 0.3 is 0 Å². The fraction of sp³-hybridized carbons (Fsp3) is 0.476. The van der Waals surface area contributed by atoms with Gasteiger partial charge in [0.05, 0.1) is 18.9 Å². The molecule has 3 amide bonds. The van der Waals surface area contributed by atoms with Gasteiger partial charge in [-0.1, -0.05) is 12.2 Å². The van der Waals surface area contributed by atoms with Crippen LogP contribution in [-0.4, -0.2) is 36.4 Å². The maximum atomic E-state index is 13.1. The third-order valence-electron chi connectivity index (χ3n) is 6.80. The first-order valence-electron chi connectivity index (χ1n) is 9.47. The molecule has 1 aromatic carbocycles. The molecule has 6 atom stereocenters. The van der Waals surface area contributed by atoms with Gasteiger partial charge in [-0.05, 0) is 54.4 Å². The summed E-state index contributed by atoms with van der Waals surface area (Å²) in [5, 5.41) is 0. The molecule has 140 valence electrons. The van der Waals surface area contributed by atoms with Gasteiger partial charge in [0, 0.05) is 12.6 Å². The van der Waals surface area contributed by atoms with Crippen LogP contribution >= 0.6 is 0 Å². The number of carbonyl (C=O) groups is 3. The Bertz CT molecular complexity index is 825. The van der Waals surface area contributed by atoms with E-state index in [1.54, 1.807) is 31.4 Å². The number of imide groups is 1. The Morgan fingerprint density at radius 2 is 1.63 bits per heavy atom. The van der Waals surface area contributed by atoms with Crippen LogP contribution in [0.5, 0.6) is 5.75 Å². The minimum absolute atomic E-state index is 0.0267. The molecular formula is C21H22N2O4. The van der Waals surface area contributed by atoms with Crippen LogP contribution in [-0.2, 0) is 14.4 Å². The molecule has 4 aliphatic carbocycles. The molecule has 0 radical (unpaired) electrons. The molecule has 1 aromatic rings. The normalized spacial score (nSPS) is 35.1. The highest BCUT2D eigenvalue weighted by Gasteiger charge is 2.67. The van der Waals surface area contributed by atoms with Crippen LogP contribution in [0.15, 0.2) is 36.4 Å². The average Bonchev–Trinajstić information content (AvgIpc) is 3.46. The predicted octanol–water partition coefficient (Wildman–Crippen LogP) is 2.06. The monoisotopic (exact) mass is 366 g/mol. The van der Waals surface area contributed by atoms with E-state index < -0.39 is 0 Å². The van der Waals surface area contributed by atoms with E-state index in [9.17, 15) is 14.4 Å². The predicted molar refractivity (Wildman–Crippen MR) is 97.6 cm³/mol. The van der Waals surface area contributed by atoms with E-state index in [0.717, 1.165) is 6.42 Å². The van der Waals surface area contributed by atoms with Gasteiger partial charge in [-0.15, -0.1) is 0 Å².